The van der Waals surface area contributed by atoms with Crippen LogP contribution >= 0.6 is 0 Å². The molecule has 1 amide bonds. The molecule has 1 aliphatic heterocycles. The van der Waals surface area contributed by atoms with Gasteiger partial charge in [0.05, 0.1) is 4.90 Å². The summed E-state index contributed by atoms with van der Waals surface area (Å²) >= 11 is 0. The zero-order valence-corrected chi connectivity index (χ0v) is 17.3. The maximum atomic E-state index is 13.5. The lowest BCUT2D eigenvalue weighted by Crippen LogP contribution is -2.42. The summed E-state index contributed by atoms with van der Waals surface area (Å²) in [5, 5.41) is 1.01. The van der Waals surface area contributed by atoms with E-state index in [-0.39, 0.29) is 29.1 Å². The van der Waals surface area contributed by atoms with Crippen LogP contribution in [0.25, 0.3) is 10.9 Å². The standard InChI is InChI=1S/C22H24N2O3S/c1-14(2)18-13-20(25)24(28(26,27)16-11-9-15(3)10-12-16)22-21(18)17-7-5-6-8-19(17)23(22)4/h5-12,14,18H,13H2,1-4H3/t18-/m1/s1. The van der Waals surface area contributed by atoms with Gasteiger partial charge in [0.1, 0.15) is 5.82 Å². The highest BCUT2D eigenvalue weighted by molar-refractivity contribution is 7.93. The average molecular weight is 397 g/mol. The fourth-order valence-electron chi connectivity index (χ4n) is 4.14. The van der Waals surface area contributed by atoms with Gasteiger partial charge in [-0.3, -0.25) is 4.79 Å². The minimum Gasteiger partial charge on any atom is -0.329 e. The van der Waals surface area contributed by atoms with Gasteiger partial charge in [-0.2, -0.15) is 4.31 Å². The largest absolute Gasteiger partial charge is 0.329 e. The molecule has 1 atom stereocenters. The third-order valence-corrected chi connectivity index (χ3v) is 7.39. The second-order valence-electron chi connectivity index (χ2n) is 7.84. The molecule has 0 saturated heterocycles. The first-order valence-corrected chi connectivity index (χ1v) is 10.9. The second-order valence-corrected chi connectivity index (χ2v) is 9.63. The number of anilines is 1. The predicted octanol–water partition coefficient (Wildman–Crippen LogP) is 4.35. The first-order valence-electron chi connectivity index (χ1n) is 9.45. The van der Waals surface area contributed by atoms with Crippen LogP contribution in [0.5, 0.6) is 0 Å². The Morgan fingerprint density at radius 1 is 1.04 bits per heavy atom. The van der Waals surface area contributed by atoms with E-state index in [0.29, 0.717) is 5.82 Å². The molecule has 0 spiro atoms. The van der Waals surface area contributed by atoms with Crippen LogP contribution < -0.4 is 4.31 Å². The lowest BCUT2D eigenvalue weighted by molar-refractivity contribution is -0.118. The minimum absolute atomic E-state index is 0.0157. The molecule has 28 heavy (non-hydrogen) atoms. The van der Waals surface area contributed by atoms with E-state index >= 15 is 0 Å². The molecule has 1 aromatic heterocycles. The molecule has 0 radical (unpaired) electrons. The van der Waals surface area contributed by atoms with Gasteiger partial charge in [-0.05, 0) is 37.0 Å². The van der Waals surface area contributed by atoms with Crippen molar-refractivity contribution in [1.82, 2.24) is 4.57 Å². The maximum absolute atomic E-state index is 13.5. The number of sulfonamides is 1. The Morgan fingerprint density at radius 3 is 2.32 bits per heavy atom. The molecule has 6 heteroatoms. The first-order chi connectivity index (χ1) is 13.2. The first kappa shape index (κ1) is 18.7. The second kappa shape index (κ2) is 6.48. The van der Waals surface area contributed by atoms with E-state index in [1.165, 1.54) is 0 Å². The summed E-state index contributed by atoms with van der Waals surface area (Å²) in [5.41, 5.74) is 2.84. The minimum atomic E-state index is -4.00. The number of rotatable bonds is 3. The van der Waals surface area contributed by atoms with Crippen molar-refractivity contribution >= 4 is 32.7 Å². The number of hydrogen-bond acceptors (Lipinski definition) is 3. The van der Waals surface area contributed by atoms with E-state index in [2.05, 4.69) is 13.8 Å². The quantitative estimate of drug-likeness (QED) is 0.661. The van der Waals surface area contributed by atoms with Crippen molar-refractivity contribution in [3.8, 4) is 0 Å². The predicted molar refractivity (Wildman–Crippen MR) is 111 cm³/mol. The number of carbonyl (C=O) groups is 1. The summed E-state index contributed by atoms with van der Waals surface area (Å²) in [6.45, 7) is 6.05. The van der Waals surface area contributed by atoms with Gasteiger partial charge >= 0.3 is 0 Å². The Labute approximate surface area is 165 Å². The average Bonchev–Trinajstić information content (AvgIpc) is 2.94. The molecule has 2 heterocycles. The van der Waals surface area contributed by atoms with Gasteiger partial charge in [0.2, 0.25) is 5.91 Å². The van der Waals surface area contributed by atoms with Crippen molar-refractivity contribution < 1.29 is 13.2 Å². The summed E-state index contributed by atoms with van der Waals surface area (Å²) in [7, 11) is -2.17. The van der Waals surface area contributed by atoms with E-state index in [0.717, 1.165) is 26.3 Å². The summed E-state index contributed by atoms with van der Waals surface area (Å²) in [6.07, 6.45) is 0.184. The van der Waals surface area contributed by atoms with Crippen molar-refractivity contribution in [2.75, 3.05) is 4.31 Å². The highest BCUT2D eigenvalue weighted by Gasteiger charge is 2.43. The molecule has 0 bridgehead atoms. The molecule has 0 unspecified atom stereocenters. The van der Waals surface area contributed by atoms with Crippen LogP contribution in [0.2, 0.25) is 0 Å². The number of carbonyl (C=O) groups excluding carboxylic acids is 1. The lowest BCUT2D eigenvalue weighted by atomic mass is 9.83. The highest BCUT2D eigenvalue weighted by Crippen LogP contribution is 2.47. The van der Waals surface area contributed by atoms with Crippen molar-refractivity contribution in [2.45, 2.75) is 38.0 Å². The molecule has 0 N–H and O–H groups in total. The molecular formula is C22H24N2O3S. The monoisotopic (exact) mass is 396 g/mol. The molecule has 0 aliphatic carbocycles. The normalized spacial score (nSPS) is 17.4. The SMILES string of the molecule is Cc1ccc(S(=O)(=O)N2C(=O)C[C@H](C(C)C)c3c2n(C)c2ccccc32)cc1. The van der Waals surface area contributed by atoms with Crippen LogP contribution in [0.4, 0.5) is 5.82 Å². The van der Waals surface area contributed by atoms with Gasteiger partial charge in [-0.25, -0.2) is 8.42 Å². The summed E-state index contributed by atoms with van der Waals surface area (Å²) < 4.78 is 29.8. The van der Waals surface area contributed by atoms with Crippen LogP contribution in [0, 0.1) is 12.8 Å². The Bertz CT molecular complexity index is 1170. The Morgan fingerprint density at radius 2 is 1.68 bits per heavy atom. The van der Waals surface area contributed by atoms with Gasteiger partial charge in [-0.1, -0.05) is 49.7 Å². The summed E-state index contributed by atoms with van der Waals surface area (Å²) in [4.78, 5) is 13.3. The number of aryl methyl sites for hydroxylation is 2. The maximum Gasteiger partial charge on any atom is 0.272 e. The fourth-order valence-corrected chi connectivity index (χ4v) is 5.63. The summed E-state index contributed by atoms with van der Waals surface area (Å²) in [5.74, 6) is 0.296. The van der Waals surface area contributed by atoms with Crippen molar-refractivity contribution in [3.63, 3.8) is 0 Å². The van der Waals surface area contributed by atoms with Gasteiger partial charge in [-0.15, -0.1) is 0 Å². The number of nitrogens with zero attached hydrogens (tertiary/aromatic N) is 2. The number of fused-ring (bicyclic) bond motifs is 3. The number of aromatic nitrogens is 1. The number of hydrogen-bond donors (Lipinski definition) is 0. The number of amides is 1. The van der Waals surface area contributed by atoms with E-state index < -0.39 is 10.0 Å². The van der Waals surface area contributed by atoms with Crippen LogP contribution in [0.15, 0.2) is 53.4 Å². The van der Waals surface area contributed by atoms with Crippen molar-refractivity contribution in [1.29, 1.82) is 0 Å². The van der Waals surface area contributed by atoms with Crippen LogP contribution in [0.3, 0.4) is 0 Å². The Kier molecular flexibility index (Phi) is 4.34. The summed E-state index contributed by atoms with van der Waals surface area (Å²) in [6, 6.07) is 14.5. The Hall–Kier alpha value is -2.60. The van der Waals surface area contributed by atoms with Gasteiger partial charge in [0, 0.05) is 29.9 Å². The van der Waals surface area contributed by atoms with E-state index in [1.807, 2.05) is 42.8 Å². The molecule has 5 nitrogen and oxygen atoms in total. The van der Waals surface area contributed by atoms with Gasteiger partial charge in [0.25, 0.3) is 10.0 Å². The number of para-hydroxylation sites is 1. The zero-order valence-electron chi connectivity index (χ0n) is 16.5. The molecule has 146 valence electrons. The molecule has 2 aromatic carbocycles. The van der Waals surface area contributed by atoms with Crippen molar-refractivity contribution in [3.05, 3.63) is 59.7 Å². The number of benzene rings is 2. The molecule has 0 fully saturated rings. The fraction of sp³-hybridized carbons (Fsp3) is 0.318. The van der Waals surface area contributed by atoms with E-state index in [4.69, 9.17) is 0 Å². The molecule has 1 aliphatic rings. The topological polar surface area (TPSA) is 59.4 Å². The molecule has 0 saturated carbocycles. The van der Waals surface area contributed by atoms with E-state index in [9.17, 15) is 13.2 Å². The zero-order chi connectivity index (χ0) is 20.2. The van der Waals surface area contributed by atoms with E-state index in [1.54, 1.807) is 24.3 Å². The smallest absolute Gasteiger partial charge is 0.272 e. The van der Waals surface area contributed by atoms with Crippen LogP contribution in [-0.4, -0.2) is 18.9 Å². The Balaban J connectivity index is 2.02. The highest BCUT2D eigenvalue weighted by atomic mass is 32.2. The third kappa shape index (κ3) is 2.66. The van der Waals surface area contributed by atoms with Gasteiger partial charge in [0.15, 0.2) is 0 Å². The van der Waals surface area contributed by atoms with Gasteiger partial charge < -0.3 is 4.57 Å². The third-order valence-electron chi connectivity index (χ3n) is 5.66. The van der Waals surface area contributed by atoms with Crippen LogP contribution in [0.1, 0.15) is 37.3 Å². The van der Waals surface area contributed by atoms with Crippen LogP contribution in [-0.2, 0) is 21.9 Å². The van der Waals surface area contributed by atoms with Crippen molar-refractivity contribution in [2.24, 2.45) is 13.0 Å². The molecular weight excluding hydrogens is 372 g/mol. The molecule has 4 rings (SSSR count). The molecule has 3 aromatic rings. The lowest BCUT2D eigenvalue weighted by Gasteiger charge is -2.34.